The second-order valence-corrected chi connectivity index (χ2v) is 28.9. The van der Waals surface area contributed by atoms with Gasteiger partial charge in [-0.3, -0.25) is 9.59 Å². The summed E-state index contributed by atoms with van der Waals surface area (Å²) in [5, 5.41) is 28.3. The van der Waals surface area contributed by atoms with Gasteiger partial charge in [-0.25, -0.2) is 29.1 Å². The third-order valence-electron chi connectivity index (χ3n) is 7.34. The van der Waals surface area contributed by atoms with Gasteiger partial charge >= 0.3 is 24.2 Å². The molecule has 0 fully saturated rings. The van der Waals surface area contributed by atoms with Gasteiger partial charge < -0.3 is 63.6 Å². The number of urea groups is 3. The number of carbonyl (C=O) groups excluding carboxylic acids is 6. The average Bonchev–Trinajstić information content (AvgIpc) is 3.19. The highest BCUT2D eigenvalue weighted by atomic mass is 16.6. The third kappa shape index (κ3) is 90.1. The zero-order chi connectivity index (χ0) is 67.0. The number of amides is 9. The highest BCUT2D eigenvalue weighted by Crippen LogP contribution is 2.09. The molecule has 0 bridgehead atoms. The summed E-state index contributed by atoms with van der Waals surface area (Å²) in [6.45, 7) is 63.4. The van der Waals surface area contributed by atoms with Gasteiger partial charge in [0.2, 0.25) is 17.8 Å². The van der Waals surface area contributed by atoms with Gasteiger partial charge in [0.15, 0.2) is 0 Å². The minimum absolute atomic E-state index is 0. The first-order valence-corrected chi connectivity index (χ1v) is 29.2. The Bertz CT molecular complexity index is 1970. The monoisotopic (exact) mass is 1180 g/mol. The van der Waals surface area contributed by atoms with Gasteiger partial charge in [-0.1, -0.05) is 45.9 Å². The number of aromatic nitrogens is 2. The number of anilines is 2. The van der Waals surface area contributed by atoms with Crippen molar-refractivity contribution in [3.8, 4) is 0 Å². The van der Waals surface area contributed by atoms with E-state index in [1.165, 1.54) is 0 Å². The molecule has 0 aliphatic rings. The van der Waals surface area contributed by atoms with Gasteiger partial charge in [0.05, 0.1) is 6.10 Å². The summed E-state index contributed by atoms with van der Waals surface area (Å²) in [7, 11) is 0. The number of nitrogens with zero attached hydrogens (tertiary/aromatic N) is 2. The van der Waals surface area contributed by atoms with Gasteiger partial charge in [-0.15, -0.1) is 0 Å². The van der Waals surface area contributed by atoms with E-state index in [-0.39, 0.29) is 98.4 Å². The molecule has 1 heterocycles. The molecule has 12 N–H and O–H groups in total. The van der Waals surface area contributed by atoms with Crippen molar-refractivity contribution in [2.24, 2.45) is 11.7 Å². The second-order valence-electron chi connectivity index (χ2n) is 28.9. The van der Waals surface area contributed by atoms with Gasteiger partial charge in [0.1, 0.15) is 0 Å². The van der Waals surface area contributed by atoms with E-state index in [2.05, 4.69) is 83.9 Å². The lowest BCUT2D eigenvalue weighted by molar-refractivity contribution is -0.125. The number of nitrogens with one attached hydrogen (secondary N) is 10. The van der Waals surface area contributed by atoms with Crippen LogP contribution in [0.25, 0.3) is 0 Å². The fourth-order valence-corrected chi connectivity index (χ4v) is 4.76. The summed E-state index contributed by atoms with van der Waals surface area (Å²) in [6, 6.07) is 11.0. The van der Waals surface area contributed by atoms with E-state index in [1.807, 2.05) is 231 Å². The lowest BCUT2D eigenvalue weighted by atomic mass is 10.1. The van der Waals surface area contributed by atoms with Crippen LogP contribution in [0.3, 0.4) is 0 Å². The van der Waals surface area contributed by atoms with Crippen LogP contribution in [0.5, 0.6) is 0 Å². The average molecular weight is 1180 g/mol. The Hall–Kier alpha value is -5.92. The van der Waals surface area contributed by atoms with Crippen molar-refractivity contribution in [1.29, 1.82) is 0 Å². The van der Waals surface area contributed by atoms with Gasteiger partial charge in [-0.2, -0.15) is 0 Å². The number of benzene rings is 1. The van der Waals surface area contributed by atoms with Crippen molar-refractivity contribution < 1.29 is 33.5 Å². The Kier molecular flexibility index (Phi) is 45.6. The topological polar surface area (TPSA) is 284 Å². The molecule has 0 spiro atoms. The van der Waals surface area contributed by atoms with Crippen LogP contribution >= 0.6 is 0 Å². The van der Waals surface area contributed by atoms with Crippen LogP contribution < -0.4 is 58.9 Å². The largest absolute Gasteiger partial charge is 0.447 e. The van der Waals surface area contributed by atoms with Crippen molar-refractivity contribution in [3.63, 3.8) is 0 Å². The zero-order valence-corrected chi connectivity index (χ0v) is 58.5. The van der Waals surface area contributed by atoms with Crippen LogP contribution in [0.15, 0.2) is 48.8 Å². The lowest BCUT2D eigenvalue weighted by Gasteiger charge is -2.21. The van der Waals surface area contributed by atoms with Crippen LogP contribution in [-0.4, -0.2) is 109 Å². The minimum Gasteiger partial charge on any atom is -0.447 e. The van der Waals surface area contributed by atoms with Crippen molar-refractivity contribution >= 4 is 47.6 Å². The summed E-state index contributed by atoms with van der Waals surface area (Å²) >= 11 is 0. The lowest BCUT2D eigenvalue weighted by Crippen LogP contribution is -2.48. The molecule has 9 amide bonds. The molecule has 1 aromatic carbocycles. The highest BCUT2D eigenvalue weighted by molar-refractivity contribution is 5.89. The van der Waals surface area contributed by atoms with Crippen LogP contribution in [-0.2, 0) is 14.3 Å². The van der Waals surface area contributed by atoms with Crippen molar-refractivity contribution in [2.45, 2.75) is 297 Å². The maximum absolute atomic E-state index is 11.4. The van der Waals surface area contributed by atoms with Gasteiger partial charge in [-0.05, 0) is 225 Å². The molecular weight excluding hydrogens is 1050 g/mol. The van der Waals surface area contributed by atoms with E-state index < -0.39 is 0 Å². The Morgan fingerprint density at radius 1 is 0.494 bits per heavy atom. The Morgan fingerprint density at radius 3 is 1.19 bits per heavy atom. The number of nitrogens with two attached hydrogens (primary N) is 1. The standard InChI is InChI=1S/C11H16N2O.C8H13N3.2C8H18N2O.C8H17NO2.2C8H17NO.C4H11N/c1-11(2,3)13-10(14)12-9-7-5-4-6-8-9;1-8(2,3)11-7-9-5-4-6-10-7;1-6(2)9-7(11)10-8(3,4)5;1-5-6-9-7(11)10-8(2,3)4;1-6(2)11-7(10)9-8(3,4)5;1-6(2)7(10)9-8(3,4)5;1-5-6-7(10)9-8(2,3)4;1-4(2,3)5/h4-8H,1-3H3,(H2,12,13,14);4-6H,1-3H3,(H,9,10,11);6H,1-5H3,(H2,9,10,11);5-6H2,1-4H3,(H2,9,10,11);6H,1-5H3,(H,9,10);6H,1-5H3,(H,9,10);5-6H2,1-4H3,(H,9,10);5H2,1-3H3. The molecule has 20 nitrogen and oxygen atoms in total. The fourth-order valence-electron chi connectivity index (χ4n) is 4.76. The zero-order valence-electron chi connectivity index (χ0n) is 58.5. The normalized spacial score (nSPS) is 11.3. The Morgan fingerprint density at radius 2 is 0.880 bits per heavy atom. The molecule has 486 valence electrons. The molecule has 0 aliphatic carbocycles. The van der Waals surface area contributed by atoms with E-state index in [0.717, 1.165) is 25.1 Å². The molecule has 0 radical (unpaired) electrons. The molecule has 83 heavy (non-hydrogen) atoms. The maximum Gasteiger partial charge on any atom is 0.407 e. The van der Waals surface area contributed by atoms with E-state index in [1.54, 1.807) is 18.5 Å². The van der Waals surface area contributed by atoms with Crippen LogP contribution in [0.4, 0.5) is 30.8 Å². The predicted molar refractivity (Wildman–Crippen MR) is 351 cm³/mol. The molecule has 20 heteroatoms. The quantitative estimate of drug-likeness (QED) is 0.112. The van der Waals surface area contributed by atoms with Crippen LogP contribution in [0, 0.1) is 5.92 Å². The summed E-state index contributed by atoms with van der Waals surface area (Å²) < 4.78 is 4.88. The maximum atomic E-state index is 11.4. The number of hydrogen-bond donors (Lipinski definition) is 11. The summed E-state index contributed by atoms with van der Waals surface area (Å²) in [5.41, 5.74) is 5.29. The first kappa shape index (κ1) is 88.3. The number of carbonyl (C=O) groups is 6. The molecule has 1 aromatic heterocycles. The first-order chi connectivity index (χ1) is 36.9. The number of hydrogen-bond acceptors (Lipinski definition) is 11. The molecule has 2 rings (SSSR count). The highest BCUT2D eigenvalue weighted by Gasteiger charge is 2.18. The smallest absolute Gasteiger partial charge is 0.407 e. The molecule has 0 aliphatic heterocycles. The van der Waals surface area contributed by atoms with E-state index in [4.69, 9.17) is 10.5 Å². The van der Waals surface area contributed by atoms with Crippen molar-refractivity contribution in [3.05, 3.63) is 48.8 Å². The molecular formula is C63H127N13O7. The second kappa shape index (κ2) is 42.8. The number of ether oxygens (including phenoxy) is 1. The first-order valence-electron chi connectivity index (χ1n) is 29.2. The van der Waals surface area contributed by atoms with Crippen LogP contribution in [0.2, 0.25) is 0 Å². The van der Waals surface area contributed by atoms with E-state index in [9.17, 15) is 28.8 Å². The van der Waals surface area contributed by atoms with E-state index >= 15 is 0 Å². The summed E-state index contributed by atoms with van der Waals surface area (Å²) in [6.07, 6.45) is 5.56. The molecule has 2 aromatic rings. The molecule has 0 atom stereocenters. The molecule has 0 saturated heterocycles. The Balaban J connectivity index is -0.000000206. The number of rotatable bonds is 9. The Labute approximate surface area is 506 Å². The number of alkyl carbamates (subject to hydrolysis) is 1. The predicted octanol–water partition coefficient (Wildman–Crippen LogP) is 13.2. The minimum atomic E-state index is -0.354. The van der Waals surface area contributed by atoms with Crippen LogP contribution in [0.1, 0.15) is 241 Å². The van der Waals surface area contributed by atoms with E-state index in [0.29, 0.717) is 12.4 Å². The molecule has 0 unspecified atom stereocenters. The SMILES string of the molecule is CC(C)(C)N.CC(C)(C)NC(=O)Nc1ccccc1.CC(C)(C)Nc1ncccn1.CC(C)C(=O)NC(C)(C)C.CC(C)NC(=O)NC(C)(C)C.CC(C)OC(=O)NC(C)(C)C.CCCC(=O)NC(C)(C)C.CCCNC(=O)NC(C)(C)C. The summed E-state index contributed by atoms with van der Waals surface area (Å²) in [4.78, 5) is 74.5. The number of para-hydroxylation sites is 1. The van der Waals surface area contributed by atoms with Gasteiger partial charge in [0, 0.05) is 87.3 Å². The van der Waals surface area contributed by atoms with Crippen molar-refractivity contribution in [1.82, 2.24) is 52.5 Å². The summed E-state index contributed by atoms with van der Waals surface area (Å²) in [5.74, 6) is 1.03. The third-order valence-corrected chi connectivity index (χ3v) is 7.34. The fraction of sp³-hybridized carbons (Fsp3) is 0.746. The molecule has 0 saturated carbocycles. The van der Waals surface area contributed by atoms with Gasteiger partial charge in [0.25, 0.3) is 0 Å². The van der Waals surface area contributed by atoms with Crippen molar-refractivity contribution in [2.75, 3.05) is 17.2 Å².